The van der Waals surface area contributed by atoms with Gasteiger partial charge in [-0.2, -0.15) is 0 Å². The van der Waals surface area contributed by atoms with Crippen LogP contribution in [0.25, 0.3) is 0 Å². The van der Waals surface area contributed by atoms with Crippen LogP contribution in [0.4, 0.5) is 11.4 Å². The van der Waals surface area contributed by atoms with Crippen molar-refractivity contribution < 1.29 is 10.0 Å². The minimum atomic E-state index is -0.510. The van der Waals surface area contributed by atoms with E-state index in [0.717, 1.165) is 4.90 Å². The summed E-state index contributed by atoms with van der Waals surface area (Å²) in [6.45, 7) is 0. The summed E-state index contributed by atoms with van der Waals surface area (Å²) in [5.74, 6) is -0.0416. The van der Waals surface area contributed by atoms with Gasteiger partial charge in [-0.05, 0) is 36.6 Å². The molecule has 0 aliphatic heterocycles. The van der Waals surface area contributed by atoms with Crippen molar-refractivity contribution in [3.05, 3.63) is 58.1 Å². The average Bonchev–Trinajstić information content (AvgIpc) is 2.46. The molecule has 0 unspecified atom stereocenters. The zero-order valence-corrected chi connectivity index (χ0v) is 11.5. The van der Waals surface area contributed by atoms with Crippen LogP contribution >= 0.6 is 11.8 Å². The number of hydrogen-bond acceptors (Lipinski definition) is 5. The highest BCUT2D eigenvalue weighted by atomic mass is 32.2. The summed E-state index contributed by atoms with van der Waals surface area (Å²) in [5.41, 5.74) is 0.948. The standard InChI is InChI=1S/C14H12N2O3S/c1-20-13-5-2-11(3-6-13)15-9-10-8-12(16(18)19)4-7-14(10)17/h2-9,17H,1H3. The predicted molar refractivity (Wildman–Crippen MR) is 80.2 cm³/mol. The molecule has 2 aromatic carbocycles. The van der Waals surface area contributed by atoms with Gasteiger partial charge in [-0.1, -0.05) is 0 Å². The molecule has 1 N–H and O–H groups in total. The van der Waals surface area contributed by atoms with E-state index in [2.05, 4.69) is 4.99 Å². The van der Waals surface area contributed by atoms with E-state index in [1.165, 1.54) is 24.4 Å². The summed E-state index contributed by atoms with van der Waals surface area (Å²) in [7, 11) is 0. The molecule has 0 heterocycles. The van der Waals surface area contributed by atoms with Crippen LogP contribution in [-0.4, -0.2) is 22.5 Å². The molecule has 0 atom stereocenters. The molecule has 0 bridgehead atoms. The van der Waals surface area contributed by atoms with Gasteiger partial charge >= 0.3 is 0 Å². The Balaban J connectivity index is 2.25. The van der Waals surface area contributed by atoms with E-state index in [1.54, 1.807) is 11.8 Å². The first-order valence-electron chi connectivity index (χ1n) is 5.75. The van der Waals surface area contributed by atoms with E-state index in [0.29, 0.717) is 11.3 Å². The average molecular weight is 288 g/mol. The molecule has 0 amide bonds. The van der Waals surface area contributed by atoms with Gasteiger partial charge in [0.1, 0.15) is 5.75 Å². The van der Waals surface area contributed by atoms with Crippen molar-refractivity contribution in [3.63, 3.8) is 0 Å². The van der Waals surface area contributed by atoms with Crippen LogP contribution in [0.1, 0.15) is 5.56 Å². The quantitative estimate of drug-likeness (QED) is 0.402. The Morgan fingerprint density at radius 1 is 1.25 bits per heavy atom. The van der Waals surface area contributed by atoms with E-state index in [9.17, 15) is 15.2 Å². The fourth-order valence-corrected chi connectivity index (χ4v) is 1.98. The second-order valence-electron chi connectivity index (χ2n) is 3.96. The number of benzene rings is 2. The normalized spacial score (nSPS) is 10.8. The highest BCUT2D eigenvalue weighted by Crippen LogP contribution is 2.23. The van der Waals surface area contributed by atoms with Crippen molar-refractivity contribution in [1.82, 2.24) is 0 Å². The summed E-state index contributed by atoms with van der Waals surface area (Å²) in [6.07, 6.45) is 3.40. The van der Waals surface area contributed by atoms with Gasteiger partial charge in [0.05, 0.1) is 10.6 Å². The molecular weight excluding hydrogens is 276 g/mol. The van der Waals surface area contributed by atoms with E-state index < -0.39 is 4.92 Å². The highest BCUT2D eigenvalue weighted by Gasteiger charge is 2.08. The summed E-state index contributed by atoms with van der Waals surface area (Å²) >= 11 is 1.63. The fraction of sp³-hybridized carbons (Fsp3) is 0.0714. The number of phenolic OH excluding ortho intramolecular Hbond substituents is 1. The minimum Gasteiger partial charge on any atom is -0.507 e. The number of nitro benzene ring substituents is 1. The lowest BCUT2D eigenvalue weighted by molar-refractivity contribution is -0.384. The third kappa shape index (κ3) is 3.36. The molecule has 6 heteroatoms. The van der Waals surface area contributed by atoms with E-state index in [4.69, 9.17) is 0 Å². The van der Waals surface area contributed by atoms with Crippen LogP contribution in [0.2, 0.25) is 0 Å². The zero-order valence-electron chi connectivity index (χ0n) is 10.7. The molecule has 2 rings (SSSR count). The summed E-state index contributed by atoms with van der Waals surface area (Å²) in [4.78, 5) is 15.5. The minimum absolute atomic E-state index is 0.0416. The van der Waals surface area contributed by atoms with Crippen LogP contribution < -0.4 is 0 Å². The topological polar surface area (TPSA) is 75.7 Å². The number of phenols is 1. The van der Waals surface area contributed by atoms with E-state index in [-0.39, 0.29) is 11.4 Å². The van der Waals surface area contributed by atoms with Gasteiger partial charge in [0.15, 0.2) is 0 Å². The van der Waals surface area contributed by atoms with Crippen LogP contribution in [0.3, 0.4) is 0 Å². The summed E-state index contributed by atoms with van der Waals surface area (Å²) < 4.78 is 0. The Bertz CT molecular complexity index is 654. The van der Waals surface area contributed by atoms with Crippen molar-refractivity contribution in [2.45, 2.75) is 4.90 Å². The van der Waals surface area contributed by atoms with Crippen LogP contribution in [0.5, 0.6) is 5.75 Å². The number of aliphatic imine (C=N–C) groups is 1. The lowest BCUT2D eigenvalue weighted by Crippen LogP contribution is -1.90. The molecule has 20 heavy (non-hydrogen) atoms. The van der Waals surface area contributed by atoms with Gasteiger partial charge in [0.25, 0.3) is 5.69 Å². The highest BCUT2D eigenvalue weighted by molar-refractivity contribution is 7.98. The fourth-order valence-electron chi connectivity index (χ4n) is 1.57. The monoisotopic (exact) mass is 288 g/mol. The van der Waals surface area contributed by atoms with Crippen molar-refractivity contribution in [3.8, 4) is 5.75 Å². The first-order chi connectivity index (χ1) is 9.60. The Morgan fingerprint density at radius 2 is 1.95 bits per heavy atom. The van der Waals surface area contributed by atoms with Gasteiger partial charge in [0.2, 0.25) is 0 Å². The molecule has 0 aliphatic rings. The number of nitro groups is 1. The van der Waals surface area contributed by atoms with Gasteiger partial charge in [-0.25, -0.2) is 0 Å². The third-order valence-corrected chi connectivity index (χ3v) is 3.39. The SMILES string of the molecule is CSc1ccc(N=Cc2cc([N+](=O)[O-])ccc2O)cc1. The van der Waals surface area contributed by atoms with Gasteiger partial charge < -0.3 is 5.11 Å². The second-order valence-corrected chi connectivity index (χ2v) is 4.84. The maximum absolute atomic E-state index is 10.7. The van der Waals surface area contributed by atoms with Gasteiger partial charge in [-0.15, -0.1) is 11.8 Å². The molecule has 102 valence electrons. The van der Waals surface area contributed by atoms with Crippen molar-refractivity contribution in [1.29, 1.82) is 0 Å². The van der Waals surface area contributed by atoms with E-state index in [1.807, 2.05) is 30.5 Å². The largest absolute Gasteiger partial charge is 0.507 e. The molecule has 0 saturated carbocycles. The third-order valence-electron chi connectivity index (χ3n) is 2.65. The smallest absolute Gasteiger partial charge is 0.270 e. The number of aromatic hydroxyl groups is 1. The maximum Gasteiger partial charge on any atom is 0.270 e. The van der Waals surface area contributed by atoms with Gasteiger partial charge in [0, 0.05) is 28.8 Å². The lowest BCUT2D eigenvalue weighted by Gasteiger charge is -1.99. The molecule has 2 aromatic rings. The first kappa shape index (κ1) is 14.1. The molecule has 0 radical (unpaired) electrons. The Morgan fingerprint density at radius 3 is 2.55 bits per heavy atom. The molecule has 0 aromatic heterocycles. The predicted octanol–water partition coefficient (Wildman–Crippen LogP) is 3.77. The van der Waals surface area contributed by atoms with Crippen LogP contribution in [0, 0.1) is 10.1 Å². The Kier molecular flexibility index (Phi) is 4.37. The Labute approximate surface area is 120 Å². The number of rotatable bonds is 4. The molecule has 5 nitrogen and oxygen atoms in total. The molecule has 0 aliphatic carbocycles. The number of hydrogen-bond donors (Lipinski definition) is 1. The number of thioether (sulfide) groups is 1. The summed E-state index contributed by atoms with van der Waals surface area (Å²) in [6, 6.07) is 11.4. The molecule has 0 saturated heterocycles. The van der Waals surface area contributed by atoms with Crippen molar-refractivity contribution in [2.75, 3.05) is 6.26 Å². The van der Waals surface area contributed by atoms with Crippen molar-refractivity contribution >= 4 is 29.4 Å². The molecular formula is C14H12N2O3S. The maximum atomic E-state index is 10.7. The Hall–Kier alpha value is -2.34. The first-order valence-corrected chi connectivity index (χ1v) is 6.98. The van der Waals surface area contributed by atoms with Crippen LogP contribution in [0.15, 0.2) is 52.4 Å². The number of nitrogens with zero attached hydrogens (tertiary/aromatic N) is 2. The van der Waals surface area contributed by atoms with Crippen molar-refractivity contribution in [2.24, 2.45) is 4.99 Å². The zero-order chi connectivity index (χ0) is 14.5. The second kappa shape index (κ2) is 6.21. The summed E-state index contributed by atoms with van der Waals surface area (Å²) in [5, 5.41) is 20.3. The van der Waals surface area contributed by atoms with E-state index >= 15 is 0 Å². The molecule has 0 fully saturated rings. The lowest BCUT2D eigenvalue weighted by atomic mass is 10.2. The number of non-ortho nitro benzene ring substituents is 1. The molecule has 0 spiro atoms. The van der Waals surface area contributed by atoms with Gasteiger partial charge in [-0.3, -0.25) is 15.1 Å². The van der Waals surface area contributed by atoms with Crippen LogP contribution in [-0.2, 0) is 0 Å².